The zero-order valence-corrected chi connectivity index (χ0v) is 41.0. The van der Waals surface area contributed by atoms with Gasteiger partial charge in [0, 0.05) is 80.5 Å². The first-order valence-electron chi connectivity index (χ1n) is 22.3. The second-order valence-corrected chi connectivity index (χ2v) is 17.5. The minimum absolute atomic E-state index is 0.0393. The maximum Gasteiger partial charge on any atom is 0.498 e. The molecule has 0 saturated carbocycles. The number of aromatic nitrogens is 8. The van der Waals surface area contributed by atoms with Crippen LogP contribution in [0.2, 0.25) is 5.15 Å². The molecular weight excluding hydrogens is 939 g/mol. The van der Waals surface area contributed by atoms with E-state index in [9.17, 15) is 36.7 Å². The fraction of sp³-hybridized carbons (Fsp3) is 0.417. The molecule has 0 N–H and O–H groups in total. The molecular formula is C48H56BClF4N8O8. The Kier molecular flexibility index (Phi) is 18.2. The van der Waals surface area contributed by atoms with Crippen molar-refractivity contribution < 1.29 is 45.9 Å². The van der Waals surface area contributed by atoms with Gasteiger partial charge in [-0.25, -0.2) is 17.6 Å². The van der Waals surface area contributed by atoms with E-state index < -0.39 is 54.3 Å². The molecule has 70 heavy (non-hydrogen) atoms. The standard InChI is InChI=1S/C21H22F2N4O3.C17H17ClF2N2O3.C10H17BN2O2/c1-3-30-19(28)14-27-18(15-11-25-26(2)13-15)12-24-17(20(27)29)9-10-21(22,23)16-7-5-4-6-8-16;1-2-25-15(23)11-22-14(18)10-21-13(16(22)24)8-9-17(19,20)12-6-4-3-5-7-12;1-9(2)10(3,4)15-11(14-9)8-6-12-13(5)7-8/h4-8,11-13H,3,9-10,14H2,1-2H3;3-7,10H,2,8-9,11H2,1H3;6-7H,1-5H3. The topological polar surface area (TPSA) is 176 Å². The molecule has 0 unspecified atom stereocenters. The molecule has 4 aromatic heterocycles. The lowest BCUT2D eigenvalue weighted by molar-refractivity contribution is -0.144. The molecule has 5 heterocycles. The number of carbonyl (C=O) groups is 2. The maximum atomic E-state index is 14.5. The van der Waals surface area contributed by atoms with Gasteiger partial charge < -0.3 is 18.8 Å². The third kappa shape index (κ3) is 14.1. The van der Waals surface area contributed by atoms with Crippen LogP contribution in [0.25, 0.3) is 11.3 Å². The van der Waals surface area contributed by atoms with Crippen LogP contribution in [0.5, 0.6) is 0 Å². The van der Waals surface area contributed by atoms with Crippen molar-refractivity contribution in [3.63, 3.8) is 0 Å². The molecule has 2 aromatic carbocycles. The van der Waals surface area contributed by atoms with Crippen molar-refractivity contribution in [3.05, 3.63) is 146 Å². The number of carbonyl (C=O) groups excluding carboxylic acids is 2. The molecule has 374 valence electrons. The number of alkyl halides is 4. The van der Waals surface area contributed by atoms with Crippen LogP contribution in [0.1, 0.15) is 76.9 Å². The Labute approximate surface area is 407 Å². The molecule has 1 aliphatic rings. The van der Waals surface area contributed by atoms with Crippen LogP contribution < -0.4 is 16.6 Å². The normalized spacial score (nSPS) is 14.0. The van der Waals surface area contributed by atoms with Crippen molar-refractivity contribution in [2.75, 3.05) is 13.2 Å². The van der Waals surface area contributed by atoms with E-state index in [4.69, 9.17) is 30.4 Å². The number of esters is 2. The van der Waals surface area contributed by atoms with Gasteiger partial charge in [-0.15, -0.1) is 0 Å². The van der Waals surface area contributed by atoms with E-state index in [2.05, 4.69) is 20.2 Å². The van der Waals surface area contributed by atoms with E-state index in [1.807, 2.05) is 40.9 Å². The van der Waals surface area contributed by atoms with Crippen molar-refractivity contribution in [1.82, 2.24) is 38.7 Å². The van der Waals surface area contributed by atoms with E-state index in [1.54, 1.807) is 54.8 Å². The lowest BCUT2D eigenvalue weighted by atomic mass is 9.82. The highest BCUT2D eigenvalue weighted by Gasteiger charge is 2.52. The Hall–Kier alpha value is -6.45. The summed E-state index contributed by atoms with van der Waals surface area (Å²) in [6.45, 7) is 11.1. The summed E-state index contributed by atoms with van der Waals surface area (Å²) in [5.41, 5.74) is -0.311. The molecule has 0 amide bonds. The van der Waals surface area contributed by atoms with Gasteiger partial charge in [-0.2, -0.15) is 10.2 Å². The van der Waals surface area contributed by atoms with Gasteiger partial charge in [0.15, 0.2) is 0 Å². The lowest BCUT2D eigenvalue weighted by Gasteiger charge is -2.32. The minimum Gasteiger partial charge on any atom is -0.465 e. The molecule has 1 saturated heterocycles. The first-order valence-corrected chi connectivity index (χ1v) is 22.7. The summed E-state index contributed by atoms with van der Waals surface area (Å²) in [6.07, 6.45) is 7.81. The summed E-state index contributed by atoms with van der Waals surface area (Å²) in [7, 11) is 3.29. The van der Waals surface area contributed by atoms with E-state index in [-0.39, 0.29) is 78.6 Å². The number of rotatable bonds is 16. The fourth-order valence-corrected chi connectivity index (χ4v) is 7.07. The summed E-state index contributed by atoms with van der Waals surface area (Å²) in [4.78, 5) is 56.9. The van der Waals surface area contributed by atoms with Crippen molar-refractivity contribution >= 4 is 36.1 Å². The van der Waals surface area contributed by atoms with Crippen LogP contribution in [0, 0.1) is 0 Å². The Morgan fingerprint density at radius 1 is 0.671 bits per heavy atom. The molecule has 1 fully saturated rings. The predicted octanol–water partition coefficient (Wildman–Crippen LogP) is 6.84. The molecule has 6 aromatic rings. The number of ether oxygens (including phenoxy) is 2. The van der Waals surface area contributed by atoms with Crippen LogP contribution in [0.4, 0.5) is 17.6 Å². The van der Waals surface area contributed by atoms with Gasteiger partial charge in [0.05, 0.1) is 48.7 Å². The molecule has 0 radical (unpaired) electrons. The van der Waals surface area contributed by atoms with E-state index in [0.717, 1.165) is 16.2 Å². The zero-order chi connectivity index (χ0) is 51.4. The molecule has 22 heteroatoms. The average Bonchev–Trinajstić information content (AvgIpc) is 4.01. The van der Waals surface area contributed by atoms with Gasteiger partial charge in [-0.3, -0.25) is 47.6 Å². The number of benzene rings is 2. The lowest BCUT2D eigenvalue weighted by Crippen LogP contribution is -2.41. The van der Waals surface area contributed by atoms with Gasteiger partial charge >= 0.3 is 19.1 Å². The SMILES string of the molecule is CCOC(=O)Cn1c(-c2cnn(C)c2)cnc(CCC(F)(F)c2ccccc2)c1=O.CCOC(=O)Cn1c(Cl)cnc(CCC(F)(F)c2ccccc2)c1=O.Cn1cc(B2OC(C)(C)C(C)(C)O2)cn1. The first kappa shape index (κ1) is 54.5. The van der Waals surface area contributed by atoms with Crippen LogP contribution in [0.3, 0.4) is 0 Å². The van der Waals surface area contributed by atoms with E-state index >= 15 is 0 Å². The highest BCUT2D eigenvalue weighted by atomic mass is 35.5. The smallest absolute Gasteiger partial charge is 0.465 e. The van der Waals surface area contributed by atoms with Crippen LogP contribution >= 0.6 is 11.6 Å². The summed E-state index contributed by atoms with van der Waals surface area (Å²) in [6, 6.07) is 14.8. The second-order valence-electron chi connectivity index (χ2n) is 17.1. The maximum absolute atomic E-state index is 14.5. The number of nitrogens with zero attached hydrogens (tertiary/aromatic N) is 8. The van der Waals surface area contributed by atoms with Crippen molar-refractivity contribution in [2.45, 2.75) is 103 Å². The Bertz CT molecular complexity index is 2810. The molecule has 16 nitrogen and oxygen atoms in total. The fourth-order valence-electron chi connectivity index (χ4n) is 6.89. The van der Waals surface area contributed by atoms with Gasteiger partial charge in [0.1, 0.15) is 29.6 Å². The third-order valence-electron chi connectivity index (χ3n) is 11.4. The summed E-state index contributed by atoms with van der Waals surface area (Å²) in [5.74, 6) is -7.44. The summed E-state index contributed by atoms with van der Waals surface area (Å²) >= 11 is 5.88. The third-order valence-corrected chi connectivity index (χ3v) is 11.7. The zero-order valence-electron chi connectivity index (χ0n) is 40.2. The number of hydrogen-bond acceptors (Lipinski definition) is 12. The van der Waals surface area contributed by atoms with E-state index in [0.29, 0.717) is 11.3 Å². The van der Waals surface area contributed by atoms with Gasteiger partial charge in [-0.05, 0) is 41.5 Å². The Balaban J connectivity index is 0.000000206. The van der Waals surface area contributed by atoms with Crippen molar-refractivity contribution in [2.24, 2.45) is 14.1 Å². The highest BCUT2D eigenvalue weighted by Crippen LogP contribution is 2.37. The van der Waals surface area contributed by atoms with Crippen LogP contribution in [-0.4, -0.2) is 82.1 Å². The largest absolute Gasteiger partial charge is 0.498 e. The highest BCUT2D eigenvalue weighted by molar-refractivity contribution is 6.62. The quantitative estimate of drug-likeness (QED) is 0.0562. The predicted molar refractivity (Wildman–Crippen MR) is 254 cm³/mol. The molecule has 7 rings (SSSR count). The summed E-state index contributed by atoms with van der Waals surface area (Å²) < 4.78 is 84.4. The van der Waals surface area contributed by atoms with Crippen molar-refractivity contribution in [3.8, 4) is 11.3 Å². The number of aryl methyl sites for hydroxylation is 4. The second kappa shape index (κ2) is 23.4. The molecule has 1 aliphatic heterocycles. The van der Waals surface area contributed by atoms with Crippen molar-refractivity contribution in [1.29, 1.82) is 0 Å². The number of halogens is 5. The van der Waals surface area contributed by atoms with E-state index in [1.165, 1.54) is 65.5 Å². The van der Waals surface area contributed by atoms with Gasteiger partial charge in [-0.1, -0.05) is 72.3 Å². The van der Waals surface area contributed by atoms with Crippen LogP contribution in [-0.2, 0) is 80.2 Å². The first-order chi connectivity index (χ1) is 33.0. The van der Waals surface area contributed by atoms with Crippen LogP contribution in [0.15, 0.2) is 107 Å². The van der Waals surface area contributed by atoms with Gasteiger partial charge in [0.25, 0.3) is 23.0 Å². The van der Waals surface area contributed by atoms with Gasteiger partial charge in [0.2, 0.25) is 0 Å². The monoisotopic (exact) mass is 994 g/mol. The average molecular weight is 995 g/mol. The molecule has 0 aliphatic carbocycles. The number of hydrogen-bond donors (Lipinski definition) is 0. The Morgan fingerprint density at radius 2 is 1.11 bits per heavy atom. The Morgan fingerprint density at radius 3 is 1.56 bits per heavy atom. The minimum atomic E-state index is -3.11. The molecule has 0 atom stereocenters. The molecule has 0 spiro atoms. The summed E-state index contributed by atoms with van der Waals surface area (Å²) in [5, 5.41) is 8.12. The molecule has 0 bridgehead atoms.